The van der Waals surface area contributed by atoms with Crippen LogP contribution in [0, 0.1) is 11.3 Å². The van der Waals surface area contributed by atoms with Gasteiger partial charge < -0.3 is 9.64 Å². The summed E-state index contributed by atoms with van der Waals surface area (Å²) in [6.07, 6.45) is -5.37. The molecule has 3 aromatic rings. The van der Waals surface area contributed by atoms with Crippen LogP contribution in [0.3, 0.4) is 0 Å². The average Bonchev–Trinajstić information content (AvgIpc) is 3.58. The molecular formula is C31H30F6N4O2S. The van der Waals surface area contributed by atoms with E-state index in [-0.39, 0.29) is 18.7 Å². The molecule has 6 nitrogen and oxygen atoms in total. The highest BCUT2D eigenvalue weighted by Gasteiger charge is 2.43. The Morgan fingerprint density at radius 2 is 1.73 bits per heavy atom. The number of hydrogen-bond donors (Lipinski definition) is 0. The molecule has 1 saturated carbocycles. The largest absolute Gasteiger partial charge is 0.439 e. The van der Waals surface area contributed by atoms with Crippen LogP contribution in [0.2, 0.25) is 0 Å². The van der Waals surface area contributed by atoms with E-state index in [0.717, 1.165) is 32.1 Å². The maximum atomic E-state index is 13.6. The standard InChI is InChI=1S/C31H30F6N4O2S/c1-3-40(24-7-5-4-6-8-24)28-21(11-20(16-39-28)25-9-10-44-26(25)15-38)17-41-18(2)27(43-29(41)42)19-12-22(30(32,33)34)14-23(13-19)31(35,36)37/h9-14,16,18,24,27H,3-8,17H2,1-2H3/t18-,27?/m0/s1. The molecule has 3 heterocycles. The van der Waals surface area contributed by atoms with Crippen molar-refractivity contribution in [1.29, 1.82) is 5.26 Å². The quantitative estimate of drug-likeness (QED) is 0.242. The van der Waals surface area contributed by atoms with Crippen molar-refractivity contribution in [3.63, 3.8) is 0 Å². The van der Waals surface area contributed by atoms with Crippen LogP contribution in [0.4, 0.5) is 37.0 Å². The van der Waals surface area contributed by atoms with E-state index in [9.17, 15) is 36.4 Å². The Bertz CT molecular complexity index is 1530. The number of nitrogens with zero attached hydrogens (tertiary/aromatic N) is 4. The highest BCUT2D eigenvalue weighted by Crippen LogP contribution is 2.42. The van der Waals surface area contributed by atoms with Crippen molar-refractivity contribution in [2.45, 2.75) is 83.0 Å². The molecular weight excluding hydrogens is 606 g/mol. The molecule has 2 aliphatic rings. The van der Waals surface area contributed by atoms with Gasteiger partial charge in [0, 0.05) is 35.5 Å². The van der Waals surface area contributed by atoms with Gasteiger partial charge in [0.25, 0.3) is 0 Å². The van der Waals surface area contributed by atoms with Crippen molar-refractivity contribution in [2.24, 2.45) is 0 Å². The molecule has 1 aliphatic carbocycles. The number of thiophene rings is 1. The summed E-state index contributed by atoms with van der Waals surface area (Å²) in [5.41, 5.74) is -1.37. The van der Waals surface area contributed by atoms with Crippen LogP contribution in [0.1, 0.15) is 79.2 Å². The Labute approximate surface area is 254 Å². The Hall–Kier alpha value is -3.79. The molecule has 2 atom stereocenters. The third kappa shape index (κ3) is 6.36. The summed E-state index contributed by atoms with van der Waals surface area (Å²) in [4.78, 5) is 22.0. The number of anilines is 1. The van der Waals surface area contributed by atoms with Gasteiger partial charge in [-0.2, -0.15) is 31.6 Å². The van der Waals surface area contributed by atoms with E-state index in [2.05, 4.69) is 11.0 Å². The van der Waals surface area contributed by atoms with Gasteiger partial charge in [-0.05, 0) is 68.0 Å². The molecule has 1 unspecified atom stereocenters. The molecule has 13 heteroatoms. The van der Waals surface area contributed by atoms with Crippen molar-refractivity contribution in [3.05, 3.63) is 69.0 Å². The van der Waals surface area contributed by atoms with Gasteiger partial charge in [-0.15, -0.1) is 11.3 Å². The monoisotopic (exact) mass is 636 g/mol. The fraction of sp³-hybridized carbons (Fsp3) is 0.452. The number of halogens is 6. The lowest BCUT2D eigenvalue weighted by molar-refractivity contribution is -0.143. The summed E-state index contributed by atoms with van der Waals surface area (Å²) in [5, 5.41) is 11.4. The molecule has 234 valence electrons. The predicted octanol–water partition coefficient (Wildman–Crippen LogP) is 8.96. The van der Waals surface area contributed by atoms with Gasteiger partial charge in [0.1, 0.15) is 22.9 Å². The smallest absolute Gasteiger partial charge is 0.416 e. The van der Waals surface area contributed by atoms with Crippen LogP contribution in [-0.2, 0) is 23.6 Å². The van der Waals surface area contributed by atoms with Gasteiger partial charge >= 0.3 is 18.4 Å². The molecule has 2 fully saturated rings. The fourth-order valence-electron chi connectivity index (χ4n) is 6.11. The maximum absolute atomic E-state index is 13.6. The number of pyridine rings is 1. The van der Waals surface area contributed by atoms with E-state index in [1.54, 1.807) is 17.6 Å². The van der Waals surface area contributed by atoms with E-state index in [4.69, 9.17) is 9.72 Å². The zero-order valence-electron chi connectivity index (χ0n) is 24.0. The highest BCUT2D eigenvalue weighted by atomic mass is 32.1. The summed E-state index contributed by atoms with van der Waals surface area (Å²) in [6.45, 7) is 4.13. The van der Waals surface area contributed by atoms with E-state index >= 15 is 0 Å². The van der Waals surface area contributed by atoms with Crippen molar-refractivity contribution >= 4 is 23.2 Å². The maximum Gasteiger partial charge on any atom is 0.416 e. The zero-order valence-corrected chi connectivity index (χ0v) is 24.8. The molecule has 0 radical (unpaired) electrons. The molecule has 2 aromatic heterocycles. The van der Waals surface area contributed by atoms with Crippen LogP contribution in [0.25, 0.3) is 11.1 Å². The summed E-state index contributed by atoms with van der Waals surface area (Å²) in [5.74, 6) is 0.638. The van der Waals surface area contributed by atoms with Crippen molar-refractivity contribution in [1.82, 2.24) is 9.88 Å². The molecule has 44 heavy (non-hydrogen) atoms. The number of ether oxygens (including phenoxy) is 1. The first-order valence-corrected chi connectivity index (χ1v) is 15.2. The number of alkyl halides is 6. The van der Waals surface area contributed by atoms with Crippen molar-refractivity contribution < 1.29 is 35.9 Å². The van der Waals surface area contributed by atoms with E-state index in [0.29, 0.717) is 46.1 Å². The molecule has 5 rings (SSSR count). The number of rotatable bonds is 7. The lowest BCUT2D eigenvalue weighted by Crippen LogP contribution is -2.39. The number of carbonyl (C=O) groups is 1. The Kier molecular flexibility index (Phi) is 8.84. The van der Waals surface area contributed by atoms with E-state index in [1.807, 2.05) is 13.0 Å². The van der Waals surface area contributed by atoms with Gasteiger partial charge in [-0.1, -0.05) is 19.3 Å². The van der Waals surface area contributed by atoms with Crippen molar-refractivity contribution in [2.75, 3.05) is 11.4 Å². The van der Waals surface area contributed by atoms with Crippen LogP contribution in [0.5, 0.6) is 0 Å². The predicted molar refractivity (Wildman–Crippen MR) is 153 cm³/mol. The van der Waals surface area contributed by atoms with Gasteiger partial charge in [0.2, 0.25) is 0 Å². The number of nitriles is 1. The molecule has 0 bridgehead atoms. The van der Waals surface area contributed by atoms with E-state index in [1.165, 1.54) is 23.2 Å². The molecule has 1 amide bonds. The Balaban J connectivity index is 1.53. The minimum Gasteiger partial charge on any atom is -0.439 e. The molecule has 1 saturated heterocycles. The van der Waals surface area contributed by atoms with Gasteiger partial charge in [0.05, 0.1) is 23.7 Å². The third-order valence-corrected chi connectivity index (χ3v) is 9.14. The van der Waals surface area contributed by atoms with Crippen LogP contribution < -0.4 is 4.90 Å². The number of benzene rings is 1. The van der Waals surface area contributed by atoms with Crippen LogP contribution in [-0.4, -0.2) is 34.6 Å². The first-order chi connectivity index (χ1) is 20.8. The number of aromatic nitrogens is 1. The minimum atomic E-state index is -5.03. The molecule has 0 N–H and O–H groups in total. The summed E-state index contributed by atoms with van der Waals surface area (Å²) >= 11 is 1.28. The molecule has 1 aliphatic heterocycles. The number of amides is 1. The van der Waals surface area contributed by atoms with Crippen LogP contribution >= 0.6 is 11.3 Å². The summed E-state index contributed by atoms with van der Waals surface area (Å²) in [7, 11) is 0. The van der Waals surface area contributed by atoms with Gasteiger partial charge in [-0.25, -0.2) is 9.78 Å². The second kappa shape index (κ2) is 12.3. The average molecular weight is 637 g/mol. The lowest BCUT2D eigenvalue weighted by atomic mass is 9.93. The SMILES string of the molecule is CCN(c1ncc(-c2ccsc2C#N)cc1CN1C(=O)OC(c2cc(C(F)(F)F)cc(C(F)(F)F)c2)[C@@H]1C)C1CCCCC1. The normalized spacial score (nSPS) is 19.6. The summed E-state index contributed by atoms with van der Waals surface area (Å²) in [6, 6.07) is 6.40. The van der Waals surface area contributed by atoms with Crippen molar-refractivity contribution in [3.8, 4) is 17.2 Å². The van der Waals surface area contributed by atoms with Crippen LogP contribution in [0.15, 0.2) is 41.9 Å². The topological polar surface area (TPSA) is 69.5 Å². The number of carbonyl (C=O) groups excluding carboxylic acids is 1. The second-order valence-electron chi connectivity index (χ2n) is 11.1. The lowest BCUT2D eigenvalue weighted by Gasteiger charge is -2.36. The minimum absolute atomic E-state index is 0.0486. The molecule has 0 spiro atoms. The fourth-order valence-corrected chi connectivity index (χ4v) is 6.81. The number of cyclic esters (lactones) is 1. The van der Waals surface area contributed by atoms with Gasteiger partial charge in [-0.3, -0.25) is 4.90 Å². The Morgan fingerprint density at radius 1 is 1.07 bits per heavy atom. The first-order valence-electron chi connectivity index (χ1n) is 14.3. The second-order valence-corrected chi connectivity index (χ2v) is 12.0. The Morgan fingerprint density at radius 3 is 2.32 bits per heavy atom. The third-order valence-electron chi connectivity index (χ3n) is 8.32. The first kappa shape index (κ1) is 31.6. The summed E-state index contributed by atoms with van der Waals surface area (Å²) < 4.78 is 86.8. The number of hydrogen-bond acceptors (Lipinski definition) is 6. The zero-order chi connectivity index (χ0) is 31.8. The molecule has 1 aromatic carbocycles. The van der Waals surface area contributed by atoms with E-state index < -0.39 is 47.3 Å². The highest BCUT2D eigenvalue weighted by molar-refractivity contribution is 7.11. The van der Waals surface area contributed by atoms with Gasteiger partial charge in [0.15, 0.2) is 0 Å².